The Balaban J connectivity index is 2.05. The molecule has 1 saturated heterocycles. The first kappa shape index (κ1) is 14.6. The molecule has 1 fully saturated rings. The summed E-state index contributed by atoms with van der Waals surface area (Å²) in [6.07, 6.45) is 0.321. The fraction of sp³-hybridized carbons (Fsp3) is 0.643. The second-order valence-corrected chi connectivity index (χ2v) is 5.37. The van der Waals surface area contributed by atoms with Gasteiger partial charge in [-0.25, -0.2) is 0 Å². The van der Waals surface area contributed by atoms with E-state index in [-0.39, 0.29) is 12.2 Å². The Morgan fingerprint density at radius 2 is 2.26 bits per heavy atom. The summed E-state index contributed by atoms with van der Waals surface area (Å²) in [5.74, 6) is 1.39. The zero-order valence-corrected chi connectivity index (χ0v) is 12.5. The normalized spacial score (nSPS) is 24.4. The van der Waals surface area contributed by atoms with Gasteiger partial charge in [0.2, 0.25) is 0 Å². The van der Waals surface area contributed by atoms with Crippen molar-refractivity contribution in [1.29, 1.82) is 0 Å². The molecule has 1 aliphatic heterocycles. The summed E-state index contributed by atoms with van der Waals surface area (Å²) in [6, 6.07) is 3.93. The van der Waals surface area contributed by atoms with Crippen LogP contribution in [-0.2, 0) is 11.3 Å². The van der Waals surface area contributed by atoms with E-state index in [1.54, 1.807) is 7.11 Å². The van der Waals surface area contributed by atoms with Crippen LogP contribution in [0.1, 0.15) is 18.3 Å². The Morgan fingerprint density at radius 3 is 2.95 bits per heavy atom. The largest absolute Gasteiger partial charge is 0.497 e. The van der Waals surface area contributed by atoms with Crippen molar-refractivity contribution < 1.29 is 9.47 Å². The van der Waals surface area contributed by atoms with Crippen LogP contribution < -0.4 is 4.74 Å². The monoisotopic (exact) mass is 284 g/mol. The molecule has 2 unspecified atom stereocenters. The summed E-state index contributed by atoms with van der Waals surface area (Å²) in [5, 5.41) is 0. The molecule has 2 heterocycles. The van der Waals surface area contributed by atoms with Crippen molar-refractivity contribution in [3.05, 3.63) is 23.5 Å². The van der Waals surface area contributed by atoms with Crippen molar-refractivity contribution >= 4 is 11.6 Å². The van der Waals surface area contributed by atoms with Crippen LogP contribution in [0.15, 0.2) is 12.1 Å². The zero-order chi connectivity index (χ0) is 13.8. The minimum Gasteiger partial charge on any atom is -0.497 e. The number of hydrogen-bond donors (Lipinski definition) is 0. The Bertz CT molecular complexity index is 428. The third-order valence-corrected chi connectivity index (χ3v) is 3.52. The second-order valence-electron chi connectivity index (χ2n) is 5.06. The first-order chi connectivity index (χ1) is 9.10. The van der Waals surface area contributed by atoms with Gasteiger partial charge in [-0.15, -0.1) is 11.6 Å². The van der Waals surface area contributed by atoms with Crippen LogP contribution in [-0.4, -0.2) is 48.2 Å². The van der Waals surface area contributed by atoms with E-state index in [0.29, 0.717) is 5.88 Å². The molecule has 1 aromatic rings. The van der Waals surface area contributed by atoms with Crippen LogP contribution >= 0.6 is 11.6 Å². The molecular formula is C14H21ClN2O2. The molecule has 5 heteroatoms. The van der Waals surface area contributed by atoms with E-state index in [2.05, 4.69) is 16.8 Å². The predicted molar refractivity (Wildman–Crippen MR) is 75.9 cm³/mol. The van der Waals surface area contributed by atoms with Gasteiger partial charge < -0.3 is 9.47 Å². The molecular weight excluding hydrogens is 264 g/mol. The third kappa shape index (κ3) is 4.06. The lowest BCUT2D eigenvalue weighted by Crippen LogP contribution is -2.46. The first-order valence-electron chi connectivity index (χ1n) is 6.56. The maximum atomic E-state index is 5.90. The molecule has 4 nitrogen and oxygen atoms in total. The molecule has 0 spiro atoms. The predicted octanol–water partition coefficient (Wildman–Crippen LogP) is 2.23. The lowest BCUT2D eigenvalue weighted by Gasteiger charge is -2.35. The highest BCUT2D eigenvalue weighted by atomic mass is 35.5. The number of pyridine rings is 1. The maximum absolute atomic E-state index is 5.90. The average Bonchev–Trinajstić information content (AvgIpc) is 2.37. The number of rotatable bonds is 4. The van der Waals surface area contributed by atoms with Gasteiger partial charge >= 0.3 is 0 Å². The van der Waals surface area contributed by atoms with Gasteiger partial charge in [-0.05, 0) is 13.8 Å². The Hall–Kier alpha value is -0.840. The van der Waals surface area contributed by atoms with E-state index in [1.165, 1.54) is 0 Å². The summed E-state index contributed by atoms with van der Waals surface area (Å²) in [7, 11) is 1.68. The SMILES string of the molecule is COc1cc(C)nc(CN2CC(C)OC(CCl)C2)c1. The van der Waals surface area contributed by atoms with Crippen molar-refractivity contribution in [3.63, 3.8) is 0 Å². The van der Waals surface area contributed by atoms with Crippen molar-refractivity contribution in [2.24, 2.45) is 0 Å². The molecule has 0 radical (unpaired) electrons. The summed E-state index contributed by atoms with van der Waals surface area (Å²) in [5.41, 5.74) is 2.00. The van der Waals surface area contributed by atoms with Crippen LogP contribution in [0.25, 0.3) is 0 Å². The maximum Gasteiger partial charge on any atom is 0.122 e. The van der Waals surface area contributed by atoms with Crippen molar-refractivity contribution in [1.82, 2.24) is 9.88 Å². The molecule has 0 bridgehead atoms. The van der Waals surface area contributed by atoms with Crippen LogP contribution in [0.5, 0.6) is 5.75 Å². The van der Waals surface area contributed by atoms with Gasteiger partial charge in [0.05, 0.1) is 25.0 Å². The average molecular weight is 285 g/mol. The Morgan fingerprint density at radius 1 is 1.47 bits per heavy atom. The Kier molecular flexibility index (Phi) is 5.02. The summed E-state index contributed by atoms with van der Waals surface area (Å²) >= 11 is 5.90. The molecule has 2 rings (SSSR count). The molecule has 0 aliphatic carbocycles. The minimum absolute atomic E-state index is 0.108. The molecule has 106 valence electrons. The van der Waals surface area contributed by atoms with Gasteiger partial charge in [-0.3, -0.25) is 9.88 Å². The number of morpholine rings is 1. The number of hydrogen-bond acceptors (Lipinski definition) is 4. The number of ether oxygens (including phenoxy) is 2. The standard InChI is InChI=1S/C14H21ClN2O2/c1-10-4-13(18-3)5-12(16-10)8-17-7-11(2)19-14(6-15)9-17/h4-5,11,14H,6-9H2,1-3H3. The minimum atomic E-state index is 0.108. The molecule has 1 aromatic heterocycles. The lowest BCUT2D eigenvalue weighted by atomic mass is 10.2. The van der Waals surface area contributed by atoms with E-state index >= 15 is 0 Å². The van der Waals surface area contributed by atoms with E-state index in [0.717, 1.165) is 36.8 Å². The number of aromatic nitrogens is 1. The molecule has 1 aliphatic rings. The molecule has 0 saturated carbocycles. The highest BCUT2D eigenvalue weighted by molar-refractivity contribution is 6.18. The first-order valence-corrected chi connectivity index (χ1v) is 7.09. The molecule has 0 N–H and O–H groups in total. The highest BCUT2D eigenvalue weighted by Crippen LogP contribution is 2.18. The van der Waals surface area contributed by atoms with Crippen molar-refractivity contribution in [2.45, 2.75) is 32.6 Å². The van der Waals surface area contributed by atoms with Gasteiger partial charge in [-0.2, -0.15) is 0 Å². The highest BCUT2D eigenvalue weighted by Gasteiger charge is 2.24. The van der Waals surface area contributed by atoms with Crippen LogP contribution in [0.4, 0.5) is 0 Å². The quantitative estimate of drug-likeness (QED) is 0.794. The molecule has 0 amide bonds. The van der Waals surface area contributed by atoms with Crippen LogP contribution in [0.2, 0.25) is 0 Å². The van der Waals surface area contributed by atoms with Gasteiger partial charge in [0.1, 0.15) is 5.75 Å². The van der Waals surface area contributed by atoms with Gasteiger partial charge in [0.15, 0.2) is 0 Å². The van der Waals surface area contributed by atoms with E-state index in [4.69, 9.17) is 21.1 Å². The van der Waals surface area contributed by atoms with Gasteiger partial charge in [0, 0.05) is 43.3 Å². The second kappa shape index (κ2) is 6.55. The number of aryl methyl sites for hydroxylation is 1. The fourth-order valence-corrected chi connectivity index (χ4v) is 2.66. The Labute approximate surface area is 119 Å². The van der Waals surface area contributed by atoms with Gasteiger partial charge in [0.25, 0.3) is 0 Å². The van der Waals surface area contributed by atoms with Crippen molar-refractivity contribution in [3.8, 4) is 5.75 Å². The smallest absolute Gasteiger partial charge is 0.122 e. The van der Waals surface area contributed by atoms with E-state index in [9.17, 15) is 0 Å². The zero-order valence-electron chi connectivity index (χ0n) is 11.7. The third-order valence-electron chi connectivity index (χ3n) is 3.18. The summed E-state index contributed by atoms with van der Waals surface area (Å²) in [6.45, 7) is 6.63. The number of nitrogens with zero attached hydrogens (tertiary/aromatic N) is 2. The topological polar surface area (TPSA) is 34.6 Å². The van der Waals surface area contributed by atoms with E-state index < -0.39 is 0 Å². The van der Waals surface area contributed by atoms with Crippen LogP contribution in [0.3, 0.4) is 0 Å². The summed E-state index contributed by atoms with van der Waals surface area (Å²) in [4.78, 5) is 6.89. The van der Waals surface area contributed by atoms with E-state index in [1.807, 2.05) is 19.1 Å². The van der Waals surface area contributed by atoms with Crippen molar-refractivity contribution in [2.75, 3.05) is 26.1 Å². The molecule has 2 atom stereocenters. The summed E-state index contributed by atoms with van der Waals surface area (Å²) < 4.78 is 11.0. The van der Waals surface area contributed by atoms with Gasteiger partial charge in [-0.1, -0.05) is 0 Å². The molecule has 19 heavy (non-hydrogen) atoms. The fourth-order valence-electron chi connectivity index (χ4n) is 2.49. The molecule has 0 aromatic carbocycles. The number of alkyl halides is 1. The number of halogens is 1. The van der Waals surface area contributed by atoms with Crippen LogP contribution in [0, 0.1) is 6.92 Å². The lowest BCUT2D eigenvalue weighted by molar-refractivity contribution is -0.0691. The number of methoxy groups -OCH3 is 1.